The average molecular weight is 355 g/mol. The molecule has 0 saturated carbocycles. The van der Waals surface area contributed by atoms with Crippen molar-refractivity contribution in [2.75, 3.05) is 11.5 Å². The van der Waals surface area contributed by atoms with Gasteiger partial charge >= 0.3 is 6.09 Å². The van der Waals surface area contributed by atoms with Crippen LogP contribution < -0.4 is 10.1 Å². The molecule has 2 aromatic rings. The highest BCUT2D eigenvalue weighted by molar-refractivity contribution is 7.91. The van der Waals surface area contributed by atoms with Gasteiger partial charge in [0.1, 0.15) is 5.75 Å². The number of alkyl halides is 1. The number of hydrogen-bond donors (Lipinski definition) is 1. The van der Waals surface area contributed by atoms with Gasteiger partial charge in [0.15, 0.2) is 9.84 Å². The van der Waals surface area contributed by atoms with E-state index < -0.39 is 27.3 Å². The number of amides is 1. The first-order valence-corrected chi connectivity index (χ1v) is 9.25. The van der Waals surface area contributed by atoms with Crippen molar-refractivity contribution in [2.24, 2.45) is 0 Å². The predicted octanol–water partition coefficient (Wildman–Crippen LogP) is 1.97. The van der Waals surface area contributed by atoms with Crippen molar-refractivity contribution in [3.63, 3.8) is 0 Å². The summed E-state index contributed by atoms with van der Waals surface area (Å²) in [4.78, 5) is 11.8. The summed E-state index contributed by atoms with van der Waals surface area (Å²) in [6.45, 7) is 0. The second-order valence-electron chi connectivity index (χ2n) is 5.32. The highest BCUT2D eigenvalue weighted by atomic mass is 35.5. The Hall–Kier alpha value is -1.99. The van der Waals surface area contributed by atoms with Crippen molar-refractivity contribution in [2.45, 2.75) is 11.4 Å². The number of rotatable bonds is 3. The minimum atomic E-state index is -3.20. The van der Waals surface area contributed by atoms with Gasteiger partial charge in [-0.3, -0.25) is 0 Å². The highest BCUT2D eigenvalue weighted by Gasteiger charge is 2.37. The number of nitrogens with zero attached hydrogens (tertiary/aromatic N) is 1. The number of sulfone groups is 1. The largest absolute Gasteiger partial charge is 0.412 e. The zero-order valence-corrected chi connectivity index (χ0v) is 13.6. The van der Waals surface area contributed by atoms with Gasteiger partial charge in [0.25, 0.3) is 0 Å². The van der Waals surface area contributed by atoms with Gasteiger partial charge in [0, 0.05) is 18.1 Å². The fraction of sp³-hybridized carbons (Fsp3) is 0.267. The van der Waals surface area contributed by atoms with Crippen molar-refractivity contribution < 1.29 is 17.9 Å². The molecule has 1 saturated heterocycles. The van der Waals surface area contributed by atoms with E-state index in [1.165, 1.54) is 0 Å². The summed E-state index contributed by atoms with van der Waals surface area (Å²) < 4.78 is 30.0. The summed E-state index contributed by atoms with van der Waals surface area (Å²) in [7, 11) is -3.20. The van der Waals surface area contributed by atoms with E-state index in [0.29, 0.717) is 5.75 Å². The second-order valence-corrected chi connectivity index (χ2v) is 8.03. The van der Waals surface area contributed by atoms with E-state index in [4.69, 9.17) is 16.3 Å². The first-order valence-electron chi connectivity index (χ1n) is 6.99. The number of halogens is 1. The third-order valence-electron chi connectivity index (χ3n) is 3.54. The van der Waals surface area contributed by atoms with Crippen molar-refractivity contribution in [3.8, 4) is 11.4 Å². The van der Waals surface area contributed by atoms with E-state index in [0.717, 1.165) is 5.69 Å². The van der Waals surface area contributed by atoms with Gasteiger partial charge < -0.3 is 14.6 Å². The van der Waals surface area contributed by atoms with Gasteiger partial charge in [0.05, 0.1) is 22.9 Å². The molecule has 1 aromatic carbocycles. The summed E-state index contributed by atoms with van der Waals surface area (Å²) in [5.41, 5.74) is 0.936. The Morgan fingerprint density at radius 3 is 2.39 bits per heavy atom. The summed E-state index contributed by atoms with van der Waals surface area (Å²) >= 11 is 5.94. The van der Waals surface area contributed by atoms with Gasteiger partial charge in [-0.25, -0.2) is 13.2 Å². The van der Waals surface area contributed by atoms with E-state index in [1.807, 2.05) is 41.2 Å². The third kappa shape index (κ3) is 3.86. The molecule has 2 atom stereocenters. The maximum absolute atomic E-state index is 11.8. The molecule has 23 heavy (non-hydrogen) atoms. The first-order chi connectivity index (χ1) is 10.9. The van der Waals surface area contributed by atoms with Crippen molar-refractivity contribution >= 4 is 27.5 Å². The van der Waals surface area contributed by atoms with E-state index in [-0.39, 0.29) is 11.5 Å². The molecular weight excluding hydrogens is 340 g/mol. The minimum Gasteiger partial charge on any atom is -0.410 e. The maximum Gasteiger partial charge on any atom is 0.412 e. The molecule has 6 nitrogen and oxygen atoms in total. The summed E-state index contributed by atoms with van der Waals surface area (Å²) in [6.07, 6.45) is 3.10. The third-order valence-corrected chi connectivity index (χ3v) is 5.91. The van der Waals surface area contributed by atoms with Gasteiger partial charge in [-0.05, 0) is 36.4 Å². The van der Waals surface area contributed by atoms with Crippen LogP contribution in [0.25, 0.3) is 5.69 Å². The molecule has 1 N–H and O–H groups in total. The number of aromatic nitrogens is 1. The van der Waals surface area contributed by atoms with Crippen LogP contribution in [0.5, 0.6) is 5.75 Å². The lowest BCUT2D eigenvalue weighted by Gasteiger charge is -2.14. The molecular formula is C15H15ClN2O4S. The Morgan fingerprint density at radius 2 is 1.83 bits per heavy atom. The Kier molecular flexibility index (Phi) is 4.32. The topological polar surface area (TPSA) is 77.4 Å². The SMILES string of the molecule is O=C(N[C@H]1CS(=O)(=O)C[C@H]1Cl)Oc1ccc(-n2cccc2)cc1. The molecule has 8 heteroatoms. The van der Waals surface area contributed by atoms with Crippen LogP contribution in [0.4, 0.5) is 4.79 Å². The lowest BCUT2D eigenvalue weighted by atomic mass is 10.2. The lowest BCUT2D eigenvalue weighted by molar-refractivity contribution is 0.197. The Labute approximate surface area is 138 Å². The fourth-order valence-electron chi connectivity index (χ4n) is 2.42. The normalized spacial score (nSPS) is 22.7. The smallest absolute Gasteiger partial charge is 0.410 e. The fourth-order valence-corrected chi connectivity index (χ4v) is 4.97. The molecule has 0 radical (unpaired) electrons. The number of benzene rings is 1. The quantitative estimate of drug-likeness (QED) is 0.855. The summed E-state index contributed by atoms with van der Waals surface area (Å²) in [5.74, 6) is 0.0684. The van der Waals surface area contributed by atoms with Gasteiger partial charge in [-0.1, -0.05) is 0 Å². The number of ether oxygens (including phenoxy) is 1. The van der Waals surface area contributed by atoms with Crippen LogP contribution in [0.3, 0.4) is 0 Å². The van der Waals surface area contributed by atoms with Crippen molar-refractivity contribution in [1.29, 1.82) is 0 Å². The molecule has 0 aliphatic carbocycles. The monoisotopic (exact) mass is 354 g/mol. The molecule has 3 rings (SSSR count). The molecule has 0 spiro atoms. The van der Waals surface area contributed by atoms with Crippen LogP contribution in [0.2, 0.25) is 0 Å². The van der Waals surface area contributed by atoms with E-state index in [2.05, 4.69) is 5.32 Å². The van der Waals surface area contributed by atoms with E-state index in [9.17, 15) is 13.2 Å². The molecule has 1 amide bonds. The zero-order chi connectivity index (χ0) is 16.4. The van der Waals surface area contributed by atoms with E-state index in [1.54, 1.807) is 12.1 Å². The van der Waals surface area contributed by atoms with Crippen molar-refractivity contribution in [1.82, 2.24) is 9.88 Å². The van der Waals surface area contributed by atoms with E-state index >= 15 is 0 Å². The van der Waals surface area contributed by atoms with Crippen LogP contribution in [-0.4, -0.2) is 42.0 Å². The molecule has 1 aromatic heterocycles. The molecule has 2 heterocycles. The van der Waals surface area contributed by atoms with Crippen LogP contribution in [-0.2, 0) is 9.84 Å². The average Bonchev–Trinajstić information content (AvgIpc) is 3.08. The molecule has 122 valence electrons. The summed E-state index contributed by atoms with van der Waals surface area (Å²) in [5, 5.41) is 1.86. The van der Waals surface area contributed by atoms with Crippen LogP contribution in [0.15, 0.2) is 48.8 Å². The minimum absolute atomic E-state index is 0.134. The molecule has 0 unspecified atom stereocenters. The number of carbonyl (C=O) groups is 1. The Bertz CT molecular complexity index is 787. The highest BCUT2D eigenvalue weighted by Crippen LogP contribution is 2.19. The standard InChI is InChI=1S/C15H15ClN2O4S/c16-13-9-23(20,21)10-14(13)17-15(19)22-12-5-3-11(4-6-12)18-7-1-2-8-18/h1-8,13-14H,9-10H2,(H,17,19)/t13-,14+/m1/s1. The van der Waals surface area contributed by atoms with Gasteiger partial charge in [-0.2, -0.15) is 0 Å². The number of carbonyl (C=O) groups excluding carboxylic acids is 1. The Morgan fingerprint density at radius 1 is 1.17 bits per heavy atom. The zero-order valence-electron chi connectivity index (χ0n) is 12.1. The van der Waals surface area contributed by atoms with Crippen LogP contribution in [0, 0.1) is 0 Å². The summed E-state index contributed by atoms with van der Waals surface area (Å²) in [6, 6.07) is 10.1. The lowest BCUT2D eigenvalue weighted by Crippen LogP contribution is -2.42. The van der Waals surface area contributed by atoms with Gasteiger partial charge in [-0.15, -0.1) is 11.6 Å². The predicted molar refractivity (Wildman–Crippen MR) is 87.0 cm³/mol. The molecule has 1 aliphatic rings. The Balaban J connectivity index is 1.60. The molecule has 1 fully saturated rings. The first kappa shape index (κ1) is 15.9. The molecule has 0 bridgehead atoms. The second kappa shape index (κ2) is 6.25. The maximum atomic E-state index is 11.8. The van der Waals surface area contributed by atoms with Crippen LogP contribution >= 0.6 is 11.6 Å². The van der Waals surface area contributed by atoms with Gasteiger partial charge in [0.2, 0.25) is 0 Å². The molecule has 1 aliphatic heterocycles. The number of nitrogens with one attached hydrogen (secondary N) is 1. The van der Waals surface area contributed by atoms with Crippen molar-refractivity contribution in [3.05, 3.63) is 48.8 Å². The van der Waals surface area contributed by atoms with Crippen LogP contribution in [0.1, 0.15) is 0 Å². The number of hydrogen-bond acceptors (Lipinski definition) is 4.